The van der Waals surface area contributed by atoms with Gasteiger partial charge in [-0.2, -0.15) is 0 Å². The van der Waals surface area contributed by atoms with E-state index in [0.29, 0.717) is 13.0 Å². The number of nitrogens with zero attached hydrogens (tertiary/aromatic N) is 1. The molecule has 1 heterocycles. The zero-order valence-electron chi connectivity index (χ0n) is 10.8. The number of piperidine rings is 1. The summed E-state index contributed by atoms with van der Waals surface area (Å²) in [6.07, 6.45) is 3.52. The number of aliphatic carboxylic acids is 1. The number of carbonyl (C=O) groups is 2. The first kappa shape index (κ1) is 14.8. The summed E-state index contributed by atoms with van der Waals surface area (Å²) in [5, 5.41) is 20.4. The summed E-state index contributed by atoms with van der Waals surface area (Å²) in [5.74, 6) is -1.50. The maximum atomic E-state index is 12.0. The Hall–Kier alpha value is -1.30. The van der Waals surface area contributed by atoms with Gasteiger partial charge < -0.3 is 20.4 Å². The summed E-state index contributed by atoms with van der Waals surface area (Å²) in [4.78, 5) is 24.3. The molecule has 6 nitrogen and oxygen atoms in total. The number of nitrogens with one attached hydrogen (secondary N) is 1. The Kier molecular flexibility index (Phi) is 5.91. The van der Waals surface area contributed by atoms with Crippen LogP contribution in [0.1, 0.15) is 32.6 Å². The van der Waals surface area contributed by atoms with Crippen LogP contribution in [0, 0.1) is 5.92 Å². The van der Waals surface area contributed by atoms with E-state index in [0.717, 1.165) is 19.3 Å². The molecule has 0 aromatic carbocycles. The van der Waals surface area contributed by atoms with E-state index in [2.05, 4.69) is 5.32 Å². The van der Waals surface area contributed by atoms with E-state index in [1.807, 2.05) is 0 Å². The number of carboxylic acids is 1. The van der Waals surface area contributed by atoms with Gasteiger partial charge in [-0.15, -0.1) is 0 Å². The Balaban J connectivity index is 2.45. The molecule has 0 aromatic heterocycles. The monoisotopic (exact) mass is 258 g/mol. The van der Waals surface area contributed by atoms with Crippen molar-refractivity contribution in [1.82, 2.24) is 10.2 Å². The molecule has 0 bridgehead atoms. The van der Waals surface area contributed by atoms with Crippen LogP contribution in [0.2, 0.25) is 0 Å². The van der Waals surface area contributed by atoms with E-state index < -0.39 is 11.9 Å². The average Bonchev–Trinajstić information content (AvgIpc) is 2.36. The highest BCUT2D eigenvalue weighted by molar-refractivity contribution is 5.76. The number of carboxylic acid groups (broad SMARTS) is 1. The first-order valence-electron chi connectivity index (χ1n) is 6.44. The molecule has 1 saturated heterocycles. The fourth-order valence-corrected chi connectivity index (χ4v) is 2.15. The lowest BCUT2D eigenvalue weighted by Gasteiger charge is -2.35. The van der Waals surface area contributed by atoms with Gasteiger partial charge in [0.05, 0.1) is 5.92 Å². The Morgan fingerprint density at radius 2 is 2.17 bits per heavy atom. The summed E-state index contributed by atoms with van der Waals surface area (Å²) in [6, 6.07) is -0.148. The minimum absolute atomic E-state index is 0.0694. The maximum Gasteiger partial charge on any atom is 0.317 e. The second-order valence-corrected chi connectivity index (χ2v) is 4.78. The molecule has 1 fully saturated rings. The molecule has 0 aliphatic carbocycles. The number of hydrogen-bond acceptors (Lipinski definition) is 3. The molecule has 0 spiro atoms. The number of hydrogen-bond donors (Lipinski definition) is 3. The third-order valence-electron chi connectivity index (χ3n) is 3.33. The Labute approximate surface area is 107 Å². The number of aliphatic hydroxyl groups is 1. The van der Waals surface area contributed by atoms with E-state index in [1.54, 1.807) is 11.8 Å². The highest BCUT2D eigenvalue weighted by Crippen LogP contribution is 2.19. The van der Waals surface area contributed by atoms with Crippen molar-refractivity contribution < 1.29 is 19.8 Å². The van der Waals surface area contributed by atoms with Gasteiger partial charge in [0.2, 0.25) is 0 Å². The molecule has 1 aliphatic heterocycles. The van der Waals surface area contributed by atoms with E-state index >= 15 is 0 Å². The fourth-order valence-electron chi connectivity index (χ4n) is 2.15. The van der Waals surface area contributed by atoms with Crippen LogP contribution in [0.5, 0.6) is 0 Å². The minimum Gasteiger partial charge on any atom is -0.481 e. The van der Waals surface area contributed by atoms with Crippen molar-refractivity contribution in [3.05, 3.63) is 0 Å². The second kappa shape index (κ2) is 7.20. The van der Waals surface area contributed by atoms with Gasteiger partial charge in [0.25, 0.3) is 0 Å². The molecule has 104 valence electrons. The van der Waals surface area contributed by atoms with Crippen LogP contribution in [-0.2, 0) is 4.79 Å². The van der Waals surface area contributed by atoms with Crippen molar-refractivity contribution in [2.24, 2.45) is 5.92 Å². The smallest absolute Gasteiger partial charge is 0.317 e. The zero-order valence-corrected chi connectivity index (χ0v) is 10.8. The minimum atomic E-state index is -0.916. The summed E-state index contributed by atoms with van der Waals surface area (Å²) in [6.45, 7) is 2.44. The third-order valence-corrected chi connectivity index (χ3v) is 3.33. The summed E-state index contributed by atoms with van der Waals surface area (Å²) < 4.78 is 0. The van der Waals surface area contributed by atoms with E-state index in [-0.39, 0.29) is 25.2 Å². The Morgan fingerprint density at radius 3 is 2.78 bits per heavy atom. The van der Waals surface area contributed by atoms with Crippen molar-refractivity contribution in [3.63, 3.8) is 0 Å². The second-order valence-electron chi connectivity index (χ2n) is 4.78. The molecule has 18 heavy (non-hydrogen) atoms. The summed E-state index contributed by atoms with van der Waals surface area (Å²) in [5.41, 5.74) is 0. The van der Waals surface area contributed by atoms with Gasteiger partial charge in [0.15, 0.2) is 0 Å². The van der Waals surface area contributed by atoms with Crippen molar-refractivity contribution >= 4 is 12.0 Å². The maximum absolute atomic E-state index is 12.0. The molecule has 0 saturated carbocycles. The molecule has 2 amide bonds. The van der Waals surface area contributed by atoms with Crippen molar-refractivity contribution in [2.45, 2.75) is 38.6 Å². The third kappa shape index (κ3) is 4.18. The lowest BCUT2D eigenvalue weighted by atomic mass is 10.00. The summed E-state index contributed by atoms with van der Waals surface area (Å²) >= 11 is 0. The standard InChI is InChI=1S/C12H22N2O4/c1-9(11(16)17)8-13-12(18)14-6-3-2-4-10(14)5-7-15/h9-10,15H,2-8H2,1H3,(H,13,18)(H,16,17). The van der Waals surface area contributed by atoms with Crippen molar-refractivity contribution in [3.8, 4) is 0 Å². The Bertz CT molecular complexity index is 294. The van der Waals surface area contributed by atoms with Crippen LogP contribution in [0.25, 0.3) is 0 Å². The van der Waals surface area contributed by atoms with Crippen LogP contribution in [0.3, 0.4) is 0 Å². The number of likely N-dealkylation sites (tertiary alicyclic amines) is 1. The molecule has 0 aromatic rings. The number of amides is 2. The van der Waals surface area contributed by atoms with Gasteiger partial charge in [0, 0.05) is 25.7 Å². The lowest BCUT2D eigenvalue weighted by molar-refractivity contribution is -0.140. The normalized spacial score (nSPS) is 21.4. The molecule has 1 rings (SSSR count). The van der Waals surface area contributed by atoms with Crippen LogP contribution in [-0.4, -0.2) is 52.9 Å². The van der Waals surface area contributed by atoms with E-state index in [4.69, 9.17) is 10.2 Å². The van der Waals surface area contributed by atoms with Crippen molar-refractivity contribution in [2.75, 3.05) is 19.7 Å². The number of carbonyl (C=O) groups excluding carboxylic acids is 1. The van der Waals surface area contributed by atoms with Crippen LogP contribution in [0.15, 0.2) is 0 Å². The lowest BCUT2D eigenvalue weighted by Crippen LogP contribution is -2.50. The summed E-state index contributed by atoms with van der Waals surface area (Å²) in [7, 11) is 0. The van der Waals surface area contributed by atoms with E-state index in [1.165, 1.54) is 0 Å². The van der Waals surface area contributed by atoms with Gasteiger partial charge in [-0.3, -0.25) is 4.79 Å². The van der Waals surface area contributed by atoms with Crippen LogP contribution < -0.4 is 5.32 Å². The number of urea groups is 1. The van der Waals surface area contributed by atoms with Gasteiger partial charge in [0.1, 0.15) is 0 Å². The molecule has 6 heteroatoms. The highest BCUT2D eigenvalue weighted by atomic mass is 16.4. The average molecular weight is 258 g/mol. The molecule has 1 aliphatic rings. The molecule has 2 atom stereocenters. The zero-order chi connectivity index (χ0) is 13.5. The van der Waals surface area contributed by atoms with Crippen molar-refractivity contribution in [1.29, 1.82) is 0 Å². The molecular weight excluding hydrogens is 236 g/mol. The van der Waals surface area contributed by atoms with Gasteiger partial charge in [-0.1, -0.05) is 6.92 Å². The number of rotatable bonds is 5. The van der Waals surface area contributed by atoms with Gasteiger partial charge in [-0.25, -0.2) is 4.79 Å². The molecule has 2 unspecified atom stereocenters. The molecular formula is C12H22N2O4. The fraction of sp³-hybridized carbons (Fsp3) is 0.833. The van der Waals surface area contributed by atoms with Gasteiger partial charge >= 0.3 is 12.0 Å². The quantitative estimate of drug-likeness (QED) is 0.675. The first-order chi connectivity index (χ1) is 8.56. The van der Waals surface area contributed by atoms with Crippen LogP contribution >= 0.6 is 0 Å². The predicted octanol–water partition coefficient (Wildman–Crippen LogP) is 0.654. The molecule has 0 radical (unpaired) electrons. The topological polar surface area (TPSA) is 89.9 Å². The van der Waals surface area contributed by atoms with E-state index in [9.17, 15) is 9.59 Å². The number of aliphatic hydroxyl groups excluding tert-OH is 1. The SMILES string of the molecule is CC(CNC(=O)N1CCCCC1CCO)C(=O)O. The first-order valence-corrected chi connectivity index (χ1v) is 6.44. The highest BCUT2D eigenvalue weighted by Gasteiger charge is 2.26. The van der Waals surface area contributed by atoms with Gasteiger partial charge in [-0.05, 0) is 25.7 Å². The largest absolute Gasteiger partial charge is 0.481 e. The van der Waals surface area contributed by atoms with Crippen LogP contribution in [0.4, 0.5) is 4.79 Å². The predicted molar refractivity (Wildman–Crippen MR) is 66.2 cm³/mol. The molecule has 3 N–H and O–H groups in total. The Morgan fingerprint density at radius 1 is 1.44 bits per heavy atom.